The molecule has 0 aliphatic carbocycles. The van der Waals surface area contributed by atoms with Crippen molar-refractivity contribution in [3.8, 4) is 0 Å². The molecule has 0 aliphatic rings. The number of hydrogen-bond donors (Lipinski definition) is 2. The summed E-state index contributed by atoms with van der Waals surface area (Å²) in [7, 11) is -3.72. The van der Waals surface area contributed by atoms with Crippen LogP contribution in [0.25, 0.3) is 0 Å². The molecule has 0 unspecified atom stereocenters. The lowest BCUT2D eigenvalue weighted by Gasteiger charge is -2.20. The normalized spacial score (nSPS) is 12.0. The van der Waals surface area contributed by atoms with E-state index in [1.807, 2.05) is 19.1 Å². The summed E-state index contributed by atoms with van der Waals surface area (Å²) in [5, 5.41) is 2.77. The van der Waals surface area contributed by atoms with Gasteiger partial charge in [0.15, 0.2) is 0 Å². The number of amides is 1. The van der Waals surface area contributed by atoms with Crippen LogP contribution in [-0.4, -0.2) is 19.9 Å². The maximum Gasteiger partial charge on any atom is 0.256 e. The van der Waals surface area contributed by atoms with Crippen LogP contribution < -0.4 is 10.0 Å². The van der Waals surface area contributed by atoms with E-state index in [4.69, 9.17) is 0 Å². The van der Waals surface area contributed by atoms with E-state index in [0.29, 0.717) is 10.2 Å². The van der Waals surface area contributed by atoms with Gasteiger partial charge in [-0.2, -0.15) is 0 Å². The Hall–Kier alpha value is -1.70. The van der Waals surface area contributed by atoms with Crippen molar-refractivity contribution >= 4 is 37.5 Å². The lowest BCUT2D eigenvalue weighted by molar-refractivity contribution is 0.102. The topological polar surface area (TPSA) is 75.3 Å². The number of carbonyl (C=O) groups excluding carboxylic acids is 1. The number of anilines is 1. The number of carbonyl (C=O) groups is 1. The maximum absolute atomic E-state index is 12.5. The van der Waals surface area contributed by atoms with E-state index < -0.39 is 15.6 Å². The smallest absolute Gasteiger partial charge is 0.256 e. The number of rotatable bonds is 4. The number of halogens is 1. The molecule has 0 saturated heterocycles. The Morgan fingerprint density at radius 1 is 1.04 bits per heavy atom. The third-order valence-corrected chi connectivity index (χ3v) is 5.69. The molecule has 0 bridgehead atoms. The highest BCUT2D eigenvalue weighted by Gasteiger charge is 2.23. The number of hydrogen-bond acceptors (Lipinski definition) is 3. The van der Waals surface area contributed by atoms with Crippen molar-refractivity contribution in [1.29, 1.82) is 0 Å². The van der Waals surface area contributed by atoms with Crippen molar-refractivity contribution in [2.45, 2.75) is 38.1 Å². The van der Waals surface area contributed by atoms with Gasteiger partial charge in [0.25, 0.3) is 5.91 Å². The molecule has 5 nitrogen and oxygen atoms in total. The first-order chi connectivity index (χ1) is 11.5. The second kappa shape index (κ2) is 7.27. The first kappa shape index (κ1) is 19.6. The molecule has 1 amide bonds. The van der Waals surface area contributed by atoms with E-state index in [2.05, 4.69) is 26.0 Å². The highest BCUT2D eigenvalue weighted by Crippen LogP contribution is 2.23. The Morgan fingerprint density at radius 2 is 1.64 bits per heavy atom. The van der Waals surface area contributed by atoms with Crippen LogP contribution in [0.1, 0.15) is 36.7 Å². The molecule has 0 radical (unpaired) electrons. The molecule has 0 heterocycles. The predicted molar refractivity (Wildman–Crippen MR) is 103 cm³/mol. The van der Waals surface area contributed by atoms with Crippen molar-refractivity contribution in [1.82, 2.24) is 4.72 Å². The average Bonchev–Trinajstić information content (AvgIpc) is 2.47. The maximum atomic E-state index is 12.5. The Kier molecular flexibility index (Phi) is 5.71. The van der Waals surface area contributed by atoms with Crippen LogP contribution in [0, 0.1) is 6.92 Å². The summed E-state index contributed by atoms with van der Waals surface area (Å²) in [5.74, 6) is -0.386. The van der Waals surface area contributed by atoms with E-state index >= 15 is 0 Å². The third kappa shape index (κ3) is 5.39. The highest BCUT2D eigenvalue weighted by molar-refractivity contribution is 9.10. The lowest BCUT2D eigenvalue weighted by atomic mass is 10.1. The van der Waals surface area contributed by atoms with Gasteiger partial charge in [-0.05, 0) is 74.0 Å². The van der Waals surface area contributed by atoms with Gasteiger partial charge < -0.3 is 5.32 Å². The Morgan fingerprint density at radius 3 is 2.20 bits per heavy atom. The third-order valence-electron chi connectivity index (χ3n) is 3.24. The minimum Gasteiger partial charge on any atom is -0.322 e. The summed E-state index contributed by atoms with van der Waals surface area (Å²) in [6.07, 6.45) is 0. The van der Waals surface area contributed by atoms with Crippen molar-refractivity contribution in [3.05, 3.63) is 58.1 Å². The van der Waals surface area contributed by atoms with Crippen molar-refractivity contribution in [2.75, 3.05) is 5.32 Å². The first-order valence-electron chi connectivity index (χ1n) is 7.69. The molecule has 0 fully saturated rings. The van der Waals surface area contributed by atoms with E-state index in [1.54, 1.807) is 39.0 Å². The van der Waals surface area contributed by atoms with Crippen LogP contribution in [-0.2, 0) is 10.0 Å². The van der Waals surface area contributed by atoms with Crippen LogP contribution in [0.5, 0.6) is 0 Å². The minimum atomic E-state index is -3.72. The first-order valence-corrected chi connectivity index (χ1v) is 9.97. The van der Waals surface area contributed by atoms with Crippen LogP contribution in [0.2, 0.25) is 0 Å². The zero-order chi connectivity index (χ0) is 18.8. The second-order valence-corrected chi connectivity index (χ2v) is 9.35. The van der Waals surface area contributed by atoms with Crippen molar-refractivity contribution < 1.29 is 13.2 Å². The van der Waals surface area contributed by atoms with Gasteiger partial charge in [-0.3, -0.25) is 4.79 Å². The summed E-state index contributed by atoms with van der Waals surface area (Å²) in [6, 6.07) is 11.7. The van der Waals surface area contributed by atoms with E-state index in [0.717, 1.165) is 5.56 Å². The van der Waals surface area contributed by atoms with E-state index in [1.165, 1.54) is 12.1 Å². The average molecular weight is 425 g/mol. The van der Waals surface area contributed by atoms with Crippen molar-refractivity contribution in [2.24, 2.45) is 0 Å². The molecule has 25 heavy (non-hydrogen) atoms. The molecular weight excluding hydrogens is 404 g/mol. The number of benzene rings is 2. The highest BCUT2D eigenvalue weighted by atomic mass is 79.9. The number of nitrogens with one attached hydrogen (secondary N) is 2. The monoisotopic (exact) mass is 424 g/mol. The van der Waals surface area contributed by atoms with Gasteiger partial charge in [0, 0.05) is 15.7 Å². The number of aryl methyl sites for hydroxylation is 1. The summed E-state index contributed by atoms with van der Waals surface area (Å²) in [6.45, 7) is 7.23. The molecule has 0 saturated carbocycles. The van der Waals surface area contributed by atoms with Gasteiger partial charge in [-0.15, -0.1) is 0 Å². The zero-order valence-corrected chi connectivity index (χ0v) is 17.0. The molecule has 0 spiro atoms. The Labute approximate surface area is 157 Å². The minimum absolute atomic E-state index is 0.0414. The fourth-order valence-electron chi connectivity index (χ4n) is 2.14. The molecule has 2 aromatic rings. The zero-order valence-electron chi connectivity index (χ0n) is 14.6. The molecule has 134 valence electrons. The lowest BCUT2D eigenvalue weighted by Crippen LogP contribution is -2.40. The van der Waals surface area contributed by atoms with Gasteiger partial charge in [-0.1, -0.05) is 17.7 Å². The van der Waals surface area contributed by atoms with Crippen LogP contribution in [0.3, 0.4) is 0 Å². The predicted octanol–water partition coefficient (Wildman–Crippen LogP) is 4.09. The fraction of sp³-hybridized carbons (Fsp3) is 0.278. The molecule has 2 N–H and O–H groups in total. The quantitative estimate of drug-likeness (QED) is 0.775. The molecular formula is C18H21BrN2O3S. The Balaban J connectivity index is 2.32. The molecule has 7 heteroatoms. The summed E-state index contributed by atoms with van der Waals surface area (Å²) in [4.78, 5) is 12.6. The molecule has 2 rings (SSSR count). The number of sulfonamides is 1. The SMILES string of the molecule is Cc1ccc(NC(=O)c2cc(S(=O)(=O)NC(C)(C)C)ccc2Br)cc1. The second-order valence-electron chi connectivity index (χ2n) is 6.82. The molecule has 0 aromatic heterocycles. The van der Waals surface area contributed by atoms with Crippen LogP contribution in [0.15, 0.2) is 51.8 Å². The fourth-order valence-corrected chi connectivity index (χ4v) is 4.01. The van der Waals surface area contributed by atoms with Gasteiger partial charge in [-0.25, -0.2) is 13.1 Å². The van der Waals surface area contributed by atoms with Crippen LogP contribution in [0.4, 0.5) is 5.69 Å². The summed E-state index contributed by atoms with van der Waals surface area (Å²) >= 11 is 3.31. The van der Waals surface area contributed by atoms with E-state index in [9.17, 15) is 13.2 Å². The standard InChI is InChI=1S/C18H21BrN2O3S/c1-12-5-7-13(8-6-12)20-17(22)15-11-14(9-10-16(15)19)25(23,24)21-18(2,3)4/h5-11,21H,1-4H3,(H,20,22). The Bertz CT molecular complexity index is 886. The van der Waals surface area contributed by atoms with Gasteiger partial charge in [0.2, 0.25) is 10.0 Å². The molecule has 0 atom stereocenters. The van der Waals surface area contributed by atoms with Crippen LogP contribution >= 0.6 is 15.9 Å². The largest absolute Gasteiger partial charge is 0.322 e. The van der Waals surface area contributed by atoms with E-state index in [-0.39, 0.29) is 16.4 Å². The van der Waals surface area contributed by atoms with Gasteiger partial charge in [0.1, 0.15) is 0 Å². The molecule has 0 aliphatic heterocycles. The van der Waals surface area contributed by atoms with Gasteiger partial charge >= 0.3 is 0 Å². The summed E-state index contributed by atoms with van der Waals surface area (Å²) < 4.78 is 28.0. The van der Waals surface area contributed by atoms with Crippen molar-refractivity contribution in [3.63, 3.8) is 0 Å². The van der Waals surface area contributed by atoms with Gasteiger partial charge in [0.05, 0.1) is 10.5 Å². The summed E-state index contributed by atoms with van der Waals surface area (Å²) in [5.41, 5.74) is 1.36. The molecule has 2 aromatic carbocycles.